The molecule has 1 saturated carbocycles. The minimum Gasteiger partial charge on any atom is -0.195 e. The third-order valence-corrected chi connectivity index (χ3v) is 6.49. The Kier molecular flexibility index (Phi) is 4.57. The first-order valence-electron chi connectivity index (χ1n) is 6.82. The van der Waals surface area contributed by atoms with Crippen molar-refractivity contribution in [2.75, 3.05) is 19.0 Å². The van der Waals surface area contributed by atoms with Gasteiger partial charge in [0.15, 0.2) is 0 Å². The largest absolute Gasteiger partial charge is 0.279 e. The van der Waals surface area contributed by atoms with Gasteiger partial charge in [0.2, 0.25) is 0 Å². The van der Waals surface area contributed by atoms with E-state index in [0.717, 1.165) is 38.5 Å². The molecule has 106 valence electrons. The van der Waals surface area contributed by atoms with E-state index >= 15 is 0 Å². The maximum Gasteiger partial charge on any atom is 0.279 e. The van der Waals surface area contributed by atoms with Crippen molar-refractivity contribution in [3.63, 3.8) is 0 Å². The number of hydrogen-bond acceptors (Lipinski definition) is 2. The van der Waals surface area contributed by atoms with Crippen LogP contribution in [0.5, 0.6) is 0 Å². The van der Waals surface area contributed by atoms with E-state index in [9.17, 15) is 8.42 Å². The van der Waals surface area contributed by atoms with Crippen LogP contribution in [0.1, 0.15) is 45.4 Å². The Hall–Kier alpha value is 0.160. The second-order valence-corrected chi connectivity index (χ2v) is 7.75. The van der Waals surface area contributed by atoms with E-state index in [1.165, 1.54) is 0 Å². The first-order valence-corrected chi connectivity index (χ1v) is 8.80. The summed E-state index contributed by atoms with van der Waals surface area (Å²) >= 11 is 5.99. The summed E-state index contributed by atoms with van der Waals surface area (Å²) in [6, 6.07) is 0. The fourth-order valence-corrected chi connectivity index (χ4v) is 4.94. The molecule has 18 heavy (non-hydrogen) atoms. The van der Waals surface area contributed by atoms with Gasteiger partial charge in [-0.3, -0.25) is 0 Å². The lowest BCUT2D eigenvalue weighted by Gasteiger charge is -2.34. The lowest BCUT2D eigenvalue weighted by atomic mass is 10.0. The van der Waals surface area contributed by atoms with Gasteiger partial charge in [0.1, 0.15) is 0 Å². The molecule has 0 aromatic heterocycles. The molecule has 2 fully saturated rings. The predicted molar refractivity (Wildman–Crippen MR) is 73.9 cm³/mol. The van der Waals surface area contributed by atoms with E-state index in [1.807, 2.05) is 0 Å². The second kappa shape index (κ2) is 5.65. The van der Waals surface area contributed by atoms with Gasteiger partial charge in [-0.25, -0.2) is 0 Å². The fraction of sp³-hybridized carbons (Fsp3) is 1.00. The number of alkyl halides is 1. The molecule has 1 aliphatic heterocycles. The van der Waals surface area contributed by atoms with Crippen LogP contribution in [0.25, 0.3) is 0 Å². The number of nitrogens with zero attached hydrogens (tertiary/aromatic N) is 1. The summed E-state index contributed by atoms with van der Waals surface area (Å²) < 4.78 is 29.2. The molecule has 1 aliphatic carbocycles. The van der Waals surface area contributed by atoms with Crippen molar-refractivity contribution < 1.29 is 8.42 Å². The molecule has 4 nitrogen and oxygen atoms in total. The number of rotatable bonds is 4. The minimum absolute atomic E-state index is 0.372. The van der Waals surface area contributed by atoms with Gasteiger partial charge in [0.05, 0.1) is 0 Å². The number of halogens is 1. The molecule has 0 radical (unpaired) electrons. The second-order valence-electron chi connectivity index (χ2n) is 5.81. The highest BCUT2D eigenvalue weighted by Gasteiger charge is 2.39. The zero-order valence-electron chi connectivity index (χ0n) is 11.0. The summed E-state index contributed by atoms with van der Waals surface area (Å²) in [5, 5.41) is 0. The Morgan fingerprint density at radius 1 is 1.28 bits per heavy atom. The summed E-state index contributed by atoms with van der Waals surface area (Å²) in [5.41, 5.74) is -0.399. The predicted octanol–water partition coefficient (Wildman–Crippen LogP) is 2.10. The molecule has 1 heterocycles. The van der Waals surface area contributed by atoms with E-state index in [-0.39, 0.29) is 0 Å². The number of piperidine rings is 1. The van der Waals surface area contributed by atoms with Crippen molar-refractivity contribution in [1.29, 1.82) is 0 Å². The molecule has 0 aromatic rings. The van der Waals surface area contributed by atoms with Crippen molar-refractivity contribution in [3.05, 3.63) is 0 Å². The van der Waals surface area contributed by atoms with Crippen molar-refractivity contribution >= 4 is 21.8 Å². The van der Waals surface area contributed by atoms with E-state index in [1.54, 1.807) is 4.31 Å². The van der Waals surface area contributed by atoms with Crippen LogP contribution in [0.3, 0.4) is 0 Å². The SMILES string of the molecule is CC1CCN(S(=O)(=O)NC2(CCl)CCCC2)CC1. The van der Waals surface area contributed by atoms with Gasteiger partial charge >= 0.3 is 0 Å². The average molecular weight is 295 g/mol. The van der Waals surface area contributed by atoms with Crippen LogP contribution in [0.2, 0.25) is 0 Å². The topological polar surface area (TPSA) is 49.4 Å². The Labute approximate surface area is 115 Å². The first-order chi connectivity index (χ1) is 8.47. The molecule has 2 rings (SSSR count). The van der Waals surface area contributed by atoms with E-state index in [4.69, 9.17) is 11.6 Å². The van der Waals surface area contributed by atoms with Gasteiger partial charge in [0, 0.05) is 24.5 Å². The zero-order valence-corrected chi connectivity index (χ0v) is 12.6. The Morgan fingerprint density at radius 2 is 1.83 bits per heavy atom. The third-order valence-electron chi connectivity index (χ3n) is 4.24. The summed E-state index contributed by atoms with van der Waals surface area (Å²) in [4.78, 5) is 0. The molecule has 6 heteroatoms. The standard InChI is InChI=1S/C12H23ClN2O2S/c1-11-4-8-15(9-5-11)18(16,17)14-12(10-13)6-2-3-7-12/h11,14H,2-10H2,1H3. The third kappa shape index (κ3) is 3.18. The van der Waals surface area contributed by atoms with Crippen LogP contribution in [0.4, 0.5) is 0 Å². The van der Waals surface area contributed by atoms with Crippen LogP contribution in [-0.2, 0) is 10.2 Å². The molecule has 0 unspecified atom stereocenters. The monoisotopic (exact) mass is 294 g/mol. The zero-order chi connectivity index (χ0) is 13.2. The fourth-order valence-electron chi connectivity index (χ4n) is 2.88. The molecule has 0 atom stereocenters. The van der Waals surface area contributed by atoms with E-state index < -0.39 is 15.7 Å². The van der Waals surface area contributed by atoms with Gasteiger partial charge in [-0.05, 0) is 31.6 Å². The van der Waals surface area contributed by atoms with Crippen molar-refractivity contribution in [2.45, 2.75) is 51.0 Å². The average Bonchev–Trinajstić information content (AvgIpc) is 2.78. The maximum absolute atomic E-state index is 12.4. The van der Waals surface area contributed by atoms with Gasteiger partial charge < -0.3 is 0 Å². The molecular formula is C12H23ClN2O2S. The van der Waals surface area contributed by atoms with Crippen molar-refractivity contribution in [2.24, 2.45) is 5.92 Å². The summed E-state index contributed by atoms with van der Waals surface area (Å²) in [6.45, 7) is 3.44. The van der Waals surface area contributed by atoms with Crippen LogP contribution >= 0.6 is 11.6 Å². The molecule has 1 N–H and O–H groups in total. The van der Waals surface area contributed by atoms with Crippen LogP contribution < -0.4 is 4.72 Å². The first kappa shape index (κ1) is 14.6. The van der Waals surface area contributed by atoms with Crippen LogP contribution in [-0.4, -0.2) is 37.2 Å². The van der Waals surface area contributed by atoms with E-state index in [2.05, 4.69) is 11.6 Å². The summed E-state index contributed by atoms with van der Waals surface area (Å²) in [7, 11) is -3.36. The number of hydrogen-bond donors (Lipinski definition) is 1. The Balaban J connectivity index is 2.02. The molecule has 0 amide bonds. The summed E-state index contributed by atoms with van der Waals surface area (Å²) in [5.74, 6) is 1.00. The van der Waals surface area contributed by atoms with Gasteiger partial charge in [-0.15, -0.1) is 11.6 Å². The van der Waals surface area contributed by atoms with E-state index in [0.29, 0.717) is 24.9 Å². The highest BCUT2D eigenvalue weighted by molar-refractivity contribution is 7.87. The van der Waals surface area contributed by atoms with Gasteiger partial charge in [-0.2, -0.15) is 17.4 Å². The smallest absolute Gasteiger partial charge is 0.195 e. The normalized spacial score (nSPS) is 26.6. The lowest BCUT2D eigenvalue weighted by molar-refractivity contribution is 0.278. The Morgan fingerprint density at radius 3 is 2.33 bits per heavy atom. The van der Waals surface area contributed by atoms with Crippen molar-refractivity contribution in [3.8, 4) is 0 Å². The van der Waals surface area contributed by atoms with Crippen LogP contribution in [0.15, 0.2) is 0 Å². The maximum atomic E-state index is 12.4. The molecule has 1 saturated heterocycles. The highest BCUT2D eigenvalue weighted by atomic mass is 35.5. The Bertz CT molecular complexity index is 372. The van der Waals surface area contributed by atoms with Gasteiger partial charge in [0.25, 0.3) is 10.2 Å². The lowest BCUT2D eigenvalue weighted by Crippen LogP contribution is -2.54. The number of nitrogens with one attached hydrogen (secondary N) is 1. The highest BCUT2D eigenvalue weighted by Crippen LogP contribution is 2.32. The summed E-state index contributed by atoms with van der Waals surface area (Å²) in [6.07, 6.45) is 5.75. The molecular weight excluding hydrogens is 272 g/mol. The quantitative estimate of drug-likeness (QED) is 0.807. The molecule has 2 aliphatic rings. The molecule has 0 aromatic carbocycles. The van der Waals surface area contributed by atoms with Gasteiger partial charge in [-0.1, -0.05) is 19.8 Å². The van der Waals surface area contributed by atoms with Crippen molar-refractivity contribution in [1.82, 2.24) is 9.03 Å². The molecule has 0 bridgehead atoms. The van der Waals surface area contributed by atoms with Crippen LogP contribution in [0, 0.1) is 5.92 Å². The minimum atomic E-state index is -3.36. The molecule has 0 spiro atoms.